The molecule has 2 aliphatic carbocycles. The minimum absolute atomic E-state index is 0.735. The van der Waals surface area contributed by atoms with Gasteiger partial charge in [0.05, 0.1) is 0 Å². The summed E-state index contributed by atoms with van der Waals surface area (Å²) >= 11 is 1.61. The Morgan fingerprint density at radius 2 is 2.00 bits per heavy atom. The van der Waals surface area contributed by atoms with Crippen molar-refractivity contribution in [1.29, 1.82) is 0 Å². The van der Waals surface area contributed by atoms with Crippen molar-refractivity contribution in [2.75, 3.05) is 0 Å². The molecule has 1 aromatic carbocycles. The zero-order valence-electron chi connectivity index (χ0n) is 11.1. The summed E-state index contributed by atoms with van der Waals surface area (Å²) in [7, 11) is 0. The van der Waals surface area contributed by atoms with Crippen molar-refractivity contribution in [3.05, 3.63) is 29.8 Å². The molecule has 0 N–H and O–H groups in total. The third-order valence-electron chi connectivity index (χ3n) is 4.39. The van der Waals surface area contributed by atoms with Crippen LogP contribution < -0.4 is 0 Å². The van der Waals surface area contributed by atoms with Gasteiger partial charge in [-0.1, -0.05) is 24.1 Å². The molecule has 0 bridgehead atoms. The maximum atomic E-state index is 4.58. The molecule has 2 fully saturated rings. The van der Waals surface area contributed by atoms with E-state index in [1.165, 1.54) is 49.0 Å². The second-order valence-corrected chi connectivity index (χ2v) is 6.88. The molecule has 1 nitrogen and oxygen atoms in total. The van der Waals surface area contributed by atoms with E-state index in [4.69, 9.17) is 0 Å². The number of hydrogen-bond donors (Lipinski definition) is 0. The molecule has 1 unspecified atom stereocenters. The van der Waals surface area contributed by atoms with Crippen molar-refractivity contribution in [2.24, 2.45) is 15.7 Å². The first kappa shape index (κ1) is 12.3. The van der Waals surface area contributed by atoms with E-state index in [9.17, 15) is 0 Å². The zero-order chi connectivity index (χ0) is 12.4. The normalized spacial score (nSPS) is 25.7. The van der Waals surface area contributed by atoms with Crippen molar-refractivity contribution < 1.29 is 0 Å². The van der Waals surface area contributed by atoms with E-state index < -0.39 is 0 Å². The maximum Gasteiger partial charge on any atom is 0.0305 e. The fourth-order valence-corrected chi connectivity index (χ4v) is 3.65. The van der Waals surface area contributed by atoms with Crippen LogP contribution in [-0.4, -0.2) is 6.21 Å². The third-order valence-corrected chi connectivity index (χ3v) is 5.10. The van der Waals surface area contributed by atoms with Crippen LogP contribution in [0.3, 0.4) is 0 Å². The number of benzene rings is 1. The van der Waals surface area contributed by atoms with E-state index >= 15 is 0 Å². The molecule has 96 valence electrons. The van der Waals surface area contributed by atoms with E-state index in [-0.39, 0.29) is 0 Å². The number of hydrogen-bond acceptors (Lipinski definition) is 2. The molecule has 2 saturated carbocycles. The smallest absolute Gasteiger partial charge is 0.0305 e. The molecule has 1 aromatic rings. The lowest BCUT2D eigenvalue weighted by Gasteiger charge is -2.26. The second kappa shape index (κ2) is 5.08. The molecule has 0 radical (unpaired) electrons. The van der Waals surface area contributed by atoms with Crippen molar-refractivity contribution in [3.8, 4) is 0 Å². The van der Waals surface area contributed by atoms with Crippen molar-refractivity contribution in [2.45, 2.75) is 50.3 Å². The molecule has 18 heavy (non-hydrogen) atoms. The van der Waals surface area contributed by atoms with E-state index in [2.05, 4.69) is 41.8 Å². The Bertz CT molecular complexity index is 431. The summed E-state index contributed by atoms with van der Waals surface area (Å²) in [4.78, 5) is 1.24. The molecule has 0 saturated heterocycles. The fourth-order valence-electron chi connectivity index (χ4n) is 3.03. The van der Waals surface area contributed by atoms with E-state index in [0.29, 0.717) is 0 Å². The van der Waals surface area contributed by atoms with Gasteiger partial charge in [-0.25, -0.2) is 4.40 Å². The molecule has 1 atom stereocenters. The molecule has 1 spiro atoms. The van der Waals surface area contributed by atoms with Crippen LogP contribution in [0.4, 0.5) is 0 Å². The van der Waals surface area contributed by atoms with Crippen molar-refractivity contribution >= 4 is 18.2 Å². The van der Waals surface area contributed by atoms with Crippen LogP contribution >= 0.6 is 11.9 Å². The average molecular weight is 259 g/mol. The summed E-state index contributed by atoms with van der Waals surface area (Å²) in [5, 5.41) is 0. The van der Waals surface area contributed by atoms with Gasteiger partial charge in [0.2, 0.25) is 0 Å². The van der Waals surface area contributed by atoms with Gasteiger partial charge in [0.15, 0.2) is 0 Å². The summed E-state index contributed by atoms with van der Waals surface area (Å²) < 4.78 is 4.58. The van der Waals surface area contributed by atoms with Crippen LogP contribution in [0.25, 0.3) is 0 Å². The Morgan fingerprint density at radius 1 is 1.22 bits per heavy atom. The minimum Gasteiger partial charge on any atom is -0.224 e. The first-order valence-electron chi connectivity index (χ1n) is 7.03. The van der Waals surface area contributed by atoms with Crippen LogP contribution in [0.2, 0.25) is 0 Å². The highest BCUT2D eigenvalue weighted by Crippen LogP contribution is 2.57. The first-order chi connectivity index (χ1) is 8.76. The second-order valence-electron chi connectivity index (χ2n) is 6.02. The monoisotopic (exact) mass is 259 g/mol. The summed E-state index contributed by atoms with van der Waals surface area (Å²) in [6.07, 6.45) is 10.8. The topological polar surface area (TPSA) is 12.4 Å². The van der Waals surface area contributed by atoms with E-state index in [0.717, 1.165) is 11.3 Å². The largest absolute Gasteiger partial charge is 0.224 e. The molecule has 2 aliphatic rings. The molecule has 0 aromatic heterocycles. The zero-order valence-corrected chi connectivity index (χ0v) is 11.9. The predicted molar refractivity (Wildman–Crippen MR) is 79.2 cm³/mol. The number of nitrogens with zero attached hydrogens (tertiary/aromatic N) is 1. The minimum atomic E-state index is 0.735. The van der Waals surface area contributed by atoms with Gasteiger partial charge < -0.3 is 0 Å². The van der Waals surface area contributed by atoms with Gasteiger partial charge in [-0.2, -0.15) is 0 Å². The van der Waals surface area contributed by atoms with Gasteiger partial charge in [0, 0.05) is 23.1 Å². The van der Waals surface area contributed by atoms with Gasteiger partial charge in [0.1, 0.15) is 0 Å². The Morgan fingerprint density at radius 3 is 2.72 bits per heavy atom. The summed E-state index contributed by atoms with van der Waals surface area (Å²) in [6.45, 7) is 2.12. The molecule has 2 heteroatoms. The lowest BCUT2D eigenvalue weighted by Crippen LogP contribution is -2.17. The highest BCUT2D eigenvalue weighted by molar-refractivity contribution is 7.98. The predicted octanol–water partition coefficient (Wildman–Crippen LogP) is 5.04. The van der Waals surface area contributed by atoms with Gasteiger partial charge in [-0.05, 0) is 62.5 Å². The first-order valence-corrected chi connectivity index (χ1v) is 7.80. The summed E-state index contributed by atoms with van der Waals surface area (Å²) in [6, 6.07) is 8.61. The molecular formula is C16H21NS. The van der Waals surface area contributed by atoms with Crippen LogP contribution in [0.5, 0.6) is 0 Å². The molecule has 0 aliphatic heterocycles. The Labute approximate surface area is 114 Å². The van der Waals surface area contributed by atoms with Gasteiger partial charge in [-0.3, -0.25) is 0 Å². The lowest BCUT2D eigenvalue weighted by molar-refractivity contribution is 0.300. The van der Waals surface area contributed by atoms with E-state index in [1.807, 2.05) is 0 Å². The number of rotatable bonds is 3. The van der Waals surface area contributed by atoms with Gasteiger partial charge >= 0.3 is 0 Å². The molecule has 0 heterocycles. The Balaban J connectivity index is 1.53. The fraction of sp³-hybridized carbons (Fsp3) is 0.562. The lowest BCUT2D eigenvalue weighted by atomic mass is 9.80. The van der Waals surface area contributed by atoms with Crippen LogP contribution in [0.15, 0.2) is 33.6 Å². The maximum absolute atomic E-state index is 4.58. The highest BCUT2D eigenvalue weighted by atomic mass is 32.2. The third kappa shape index (κ3) is 2.97. The average Bonchev–Trinajstić information content (AvgIpc) is 3.11. The van der Waals surface area contributed by atoms with Gasteiger partial charge in [0.25, 0.3) is 0 Å². The Hall–Kier alpha value is -0.760. The van der Waals surface area contributed by atoms with Crippen LogP contribution in [0.1, 0.15) is 44.1 Å². The standard InChI is InChI=1S/C16H21NS/c1-13-4-6-15(7-5-13)18-17-12-14-3-2-8-16(11-14)9-10-16/h4-7,12,14H,2-3,8-11H2,1H3/b17-12+. The van der Waals surface area contributed by atoms with Crippen molar-refractivity contribution in [3.63, 3.8) is 0 Å². The molecular weight excluding hydrogens is 238 g/mol. The quantitative estimate of drug-likeness (QED) is 0.547. The summed E-state index contributed by atoms with van der Waals surface area (Å²) in [5.41, 5.74) is 2.06. The SMILES string of the molecule is Cc1ccc(S/N=C/C2CCCC3(CC3)C2)cc1. The Kier molecular flexibility index (Phi) is 3.47. The summed E-state index contributed by atoms with van der Waals surface area (Å²) in [5.74, 6) is 0.735. The number of aryl methyl sites for hydroxylation is 1. The van der Waals surface area contributed by atoms with Gasteiger partial charge in [-0.15, -0.1) is 0 Å². The van der Waals surface area contributed by atoms with E-state index in [1.54, 1.807) is 11.9 Å². The van der Waals surface area contributed by atoms with Crippen LogP contribution in [-0.2, 0) is 0 Å². The van der Waals surface area contributed by atoms with Crippen molar-refractivity contribution in [1.82, 2.24) is 0 Å². The van der Waals surface area contributed by atoms with Crippen LogP contribution in [0, 0.1) is 18.3 Å². The highest BCUT2D eigenvalue weighted by Gasteiger charge is 2.45. The molecule has 3 rings (SSSR count). The molecule has 0 amide bonds.